The van der Waals surface area contributed by atoms with Gasteiger partial charge in [0.1, 0.15) is 5.69 Å². The van der Waals surface area contributed by atoms with E-state index in [2.05, 4.69) is 10.1 Å². The first-order chi connectivity index (χ1) is 10.0. The Hall–Kier alpha value is -2.14. The summed E-state index contributed by atoms with van der Waals surface area (Å²) in [7, 11) is 0. The van der Waals surface area contributed by atoms with Gasteiger partial charge in [0.15, 0.2) is 11.5 Å². The van der Waals surface area contributed by atoms with Gasteiger partial charge in [0.05, 0.1) is 0 Å². The van der Waals surface area contributed by atoms with Crippen LogP contribution >= 0.6 is 11.6 Å². The average molecular weight is 306 g/mol. The molecule has 0 fully saturated rings. The quantitative estimate of drug-likeness (QED) is 0.784. The zero-order valence-corrected chi connectivity index (χ0v) is 12.3. The van der Waals surface area contributed by atoms with Crippen molar-refractivity contribution in [3.63, 3.8) is 0 Å². The number of aromatic hydroxyl groups is 1. The van der Waals surface area contributed by atoms with Crippen LogP contribution in [0.4, 0.5) is 4.39 Å². The van der Waals surface area contributed by atoms with E-state index < -0.39 is 5.82 Å². The molecule has 1 N–H and O–H groups in total. The number of benzene rings is 1. The van der Waals surface area contributed by atoms with Crippen LogP contribution in [0.1, 0.15) is 18.2 Å². The molecule has 108 valence electrons. The van der Waals surface area contributed by atoms with E-state index in [1.807, 2.05) is 6.92 Å². The van der Waals surface area contributed by atoms with Crippen molar-refractivity contribution in [2.75, 3.05) is 0 Å². The second-order valence-electron chi connectivity index (χ2n) is 4.76. The van der Waals surface area contributed by atoms with Crippen molar-refractivity contribution < 1.29 is 9.50 Å². The van der Waals surface area contributed by atoms with Gasteiger partial charge in [0, 0.05) is 21.8 Å². The van der Waals surface area contributed by atoms with E-state index >= 15 is 0 Å². The Bertz CT molecular complexity index is 827. The second kappa shape index (κ2) is 5.00. The Morgan fingerprint density at radius 3 is 2.57 bits per heavy atom. The number of rotatable bonds is 2. The van der Waals surface area contributed by atoms with Gasteiger partial charge in [-0.2, -0.15) is 9.61 Å². The number of nitrogens with zero attached hydrogens (tertiary/aromatic N) is 3. The summed E-state index contributed by atoms with van der Waals surface area (Å²) in [5, 5.41) is 14.9. The van der Waals surface area contributed by atoms with Crippen molar-refractivity contribution in [2.45, 2.75) is 20.3 Å². The Kier molecular flexibility index (Phi) is 3.29. The van der Waals surface area contributed by atoms with Crippen LogP contribution in [0.25, 0.3) is 16.9 Å². The van der Waals surface area contributed by atoms with Gasteiger partial charge in [-0.05, 0) is 25.5 Å². The first-order valence-electron chi connectivity index (χ1n) is 6.55. The lowest BCUT2D eigenvalue weighted by Gasteiger charge is -2.06. The highest BCUT2D eigenvalue weighted by molar-refractivity contribution is 6.30. The molecular formula is C15H13ClFN3O. The third kappa shape index (κ3) is 2.14. The maximum atomic E-state index is 14.5. The Labute approximate surface area is 125 Å². The molecule has 0 saturated heterocycles. The van der Waals surface area contributed by atoms with Crippen LogP contribution in [0.15, 0.2) is 24.3 Å². The molecule has 1 aromatic carbocycles. The van der Waals surface area contributed by atoms with E-state index in [9.17, 15) is 9.50 Å². The molecule has 2 aromatic heterocycles. The van der Waals surface area contributed by atoms with Gasteiger partial charge in [-0.25, -0.2) is 9.37 Å². The predicted molar refractivity (Wildman–Crippen MR) is 79.2 cm³/mol. The molecule has 0 aliphatic heterocycles. The smallest absolute Gasteiger partial charge is 0.219 e. The average Bonchev–Trinajstić information content (AvgIpc) is 2.78. The van der Waals surface area contributed by atoms with Gasteiger partial charge in [0.2, 0.25) is 5.88 Å². The van der Waals surface area contributed by atoms with Crippen molar-refractivity contribution in [3.8, 4) is 17.1 Å². The summed E-state index contributed by atoms with van der Waals surface area (Å²) in [6.07, 6.45) is 0.596. The molecule has 0 saturated carbocycles. The molecule has 0 amide bonds. The fraction of sp³-hybridized carbons (Fsp3) is 0.200. The van der Waals surface area contributed by atoms with Gasteiger partial charge in [-0.1, -0.05) is 30.7 Å². The molecule has 0 spiro atoms. The van der Waals surface area contributed by atoms with Gasteiger partial charge in [0.25, 0.3) is 0 Å². The predicted octanol–water partition coefficient (Wildman–Crippen LogP) is 3.77. The highest BCUT2D eigenvalue weighted by atomic mass is 35.5. The second-order valence-corrected chi connectivity index (χ2v) is 5.19. The number of fused-ring (bicyclic) bond motifs is 1. The van der Waals surface area contributed by atoms with Crippen LogP contribution in [0.3, 0.4) is 0 Å². The highest BCUT2D eigenvalue weighted by Gasteiger charge is 2.20. The normalized spacial score (nSPS) is 11.2. The number of hydrogen-bond acceptors (Lipinski definition) is 3. The Morgan fingerprint density at radius 2 is 1.95 bits per heavy atom. The largest absolute Gasteiger partial charge is 0.493 e. The molecule has 0 aliphatic rings. The molecule has 21 heavy (non-hydrogen) atoms. The highest BCUT2D eigenvalue weighted by Crippen LogP contribution is 2.29. The van der Waals surface area contributed by atoms with Crippen molar-refractivity contribution in [2.24, 2.45) is 0 Å². The lowest BCUT2D eigenvalue weighted by molar-refractivity contribution is 0.427. The van der Waals surface area contributed by atoms with E-state index in [0.29, 0.717) is 28.3 Å². The lowest BCUT2D eigenvalue weighted by atomic mass is 10.1. The topological polar surface area (TPSA) is 50.4 Å². The van der Waals surface area contributed by atoms with Gasteiger partial charge in [-0.3, -0.25) is 0 Å². The first-order valence-corrected chi connectivity index (χ1v) is 6.93. The minimum Gasteiger partial charge on any atom is -0.493 e. The van der Waals surface area contributed by atoms with E-state index in [4.69, 9.17) is 11.6 Å². The Morgan fingerprint density at radius 1 is 1.29 bits per heavy atom. The minimum atomic E-state index is -0.557. The van der Waals surface area contributed by atoms with Crippen molar-refractivity contribution in [3.05, 3.63) is 46.4 Å². The summed E-state index contributed by atoms with van der Waals surface area (Å²) in [6.45, 7) is 3.64. The number of aryl methyl sites for hydroxylation is 1. The molecule has 0 radical (unpaired) electrons. The number of aromatic nitrogens is 3. The number of hydrogen-bond donors (Lipinski definition) is 1. The molecule has 0 aliphatic carbocycles. The van der Waals surface area contributed by atoms with E-state index in [1.165, 1.54) is 0 Å². The third-order valence-corrected chi connectivity index (χ3v) is 3.71. The van der Waals surface area contributed by atoms with Crippen molar-refractivity contribution in [1.82, 2.24) is 14.6 Å². The zero-order chi connectivity index (χ0) is 15.1. The fourth-order valence-corrected chi connectivity index (χ4v) is 2.48. The third-order valence-electron chi connectivity index (χ3n) is 3.46. The molecule has 0 atom stereocenters. The maximum absolute atomic E-state index is 14.5. The van der Waals surface area contributed by atoms with E-state index in [0.717, 1.165) is 4.52 Å². The van der Waals surface area contributed by atoms with Crippen LogP contribution in [-0.2, 0) is 6.42 Å². The van der Waals surface area contributed by atoms with E-state index in [1.54, 1.807) is 31.2 Å². The number of halogens is 2. The van der Waals surface area contributed by atoms with Crippen LogP contribution in [0.2, 0.25) is 5.02 Å². The fourth-order valence-electron chi connectivity index (χ4n) is 2.36. The Balaban J connectivity index is 2.29. The zero-order valence-electron chi connectivity index (χ0n) is 11.6. The minimum absolute atomic E-state index is 0.0205. The summed E-state index contributed by atoms with van der Waals surface area (Å²) in [4.78, 5) is 4.21. The van der Waals surface area contributed by atoms with Crippen LogP contribution in [-0.4, -0.2) is 19.7 Å². The molecule has 2 heterocycles. The van der Waals surface area contributed by atoms with Crippen molar-refractivity contribution in [1.29, 1.82) is 0 Å². The summed E-state index contributed by atoms with van der Waals surface area (Å²) in [5.41, 5.74) is 2.00. The van der Waals surface area contributed by atoms with E-state index in [-0.39, 0.29) is 17.2 Å². The lowest BCUT2D eigenvalue weighted by Crippen LogP contribution is -2.00. The molecule has 0 bridgehead atoms. The molecule has 3 aromatic rings. The first kappa shape index (κ1) is 13.8. The van der Waals surface area contributed by atoms with Gasteiger partial charge in [-0.15, -0.1) is 0 Å². The van der Waals surface area contributed by atoms with Gasteiger partial charge < -0.3 is 5.11 Å². The molecule has 6 heteroatoms. The molecule has 0 unspecified atom stereocenters. The van der Waals surface area contributed by atoms with Crippen LogP contribution in [0.5, 0.6) is 5.88 Å². The van der Waals surface area contributed by atoms with Crippen LogP contribution < -0.4 is 0 Å². The molecule has 4 nitrogen and oxygen atoms in total. The maximum Gasteiger partial charge on any atom is 0.219 e. The van der Waals surface area contributed by atoms with Crippen LogP contribution in [0, 0.1) is 12.7 Å². The standard InChI is InChI=1S/C15H13ClFN3O/c1-3-11-8(2)18-14-12(17)13(19-20(14)15(11)21)9-4-6-10(16)7-5-9/h4-7,21H,3H2,1-2H3. The SMILES string of the molecule is CCc1c(C)nc2c(F)c(-c3ccc(Cl)cc3)nn2c1O. The molecule has 3 rings (SSSR count). The van der Waals surface area contributed by atoms with Crippen molar-refractivity contribution >= 4 is 17.2 Å². The summed E-state index contributed by atoms with van der Waals surface area (Å²) < 4.78 is 15.7. The summed E-state index contributed by atoms with van der Waals surface area (Å²) in [5.74, 6) is -0.627. The summed E-state index contributed by atoms with van der Waals surface area (Å²) in [6, 6.07) is 6.68. The molecular weight excluding hydrogens is 293 g/mol. The monoisotopic (exact) mass is 305 g/mol. The summed E-state index contributed by atoms with van der Waals surface area (Å²) >= 11 is 5.83. The van der Waals surface area contributed by atoms with Gasteiger partial charge >= 0.3 is 0 Å².